The minimum absolute atomic E-state index is 0. The van der Waals surface area contributed by atoms with Crippen LogP contribution in [0.4, 0.5) is 0 Å². The summed E-state index contributed by atoms with van der Waals surface area (Å²) < 4.78 is 2.11. The fraction of sp³-hybridized carbons (Fsp3) is 0.211. The van der Waals surface area contributed by atoms with Crippen molar-refractivity contribution in [2.45, 2.75) is 19.5 Å². The molecule has 3 aromatic rings. The van der Waals surface area contributed by atoms with Crippen LogP contribution in [0.5, 0.6) is 0 Å². The maximum Gasteiger partial charge on any atom is 0.0945 e. The summed E-state index contributed by atoms with van der Waals surface area (Å²) in [6, 6.07) is 19.3. The number of imidazole rings is 1. The van der Waals surface area contributed by atoms with Gasteiger partial charge in [0.05, 0.1) is 6.33 Å². The lowest BCUT2D eigenvalue weighted by Gasteiger charge is -2.07. The third-order valence-corrected chi connectivity index (χ3v) is 3.72. The Labute approximate surface area is 143 Å². The van der Waals surface area contributed by atoms with Gasteiger partial charge in [0, 0.05) is 25.5 Å². The molecule has 0 spiro atoms. The van der Waals surface area contributed by atoms with E-state index in [9.17, 15) is 0 Å². The van der Waals surface area contributed by atoms with E-state index in [4.69, 9.17) is 0 Å². The number of nitrogens with zero attached hydrogens (tertiary/aromatic N) is 2. The number of benzene rings is 2. The van der Waals surface area contributed by atoms with Crippen molar-refractivity contribution >= 4 is 12.4 Å². The molecule has 0 saturated carbocycles. The summed E-state index contributed by atoms with van der Waals surface area (Å²) in [5.41, 5.74) is 3.86. The van der Waals surface area contributed by atoms with Crippen molar-refractivity contribution in [3.63, 3.8) is 0 Å². The molecule has 0 fully saturated rings. The molecule has 0 bridgehead atoms. The van der Waals surface area contributed by atoms with Gasteiger partial charge in [-0.15, -0.1) is 12.4 Å². The van der Waals surface area contributed by atoms with Crippen molar-refractivity contribution in [1.82, 2.24) is 14.9 Å². The van der Waals surface area contributed by atoms with Crippen molar-refractivity contribution in [3.05, 3.63) is 78.9 Å². The van der Waals surface area contributed by atoms with Crippen molar-refractivity contribution in [2.24, 2.45) is 0 Å². The molecule has 0 amide bonds. The van der Waals surface area contributed by atoms with Crippen LogP contribution in [-0.4, -0.2) is 16.1 Å². The Morgan fingerprint density at radius 3 is 2.35 bits per heavy atom. The van der Waals surface area contributed by atoms with Crippen molar-refractivity contribution in [3.8, 4) is 11.1 Å². The fourth-order valence-corrected chi connectivity index (χ4v) is 2.48. The molecule has 3 nitrogen and oxygen atoms in total. The number of hydrogen-bond donors (Lipinski definition) is 1. The van der Waals surface area contributed by atoms with E-state index in [0.717, 1.165) is 26.1 Å². The van der Waals surface area contributed by atoms with Gasteiger partial charge in [0.25, 0.3) is 0 Å². The zero-order chi connectivity index (χ0) is 15.0. The van der Waals surface area contributed by atoms with Gasteiger partial charge in [0.2, 0.25) is 0 Å². The van der Waals surface area contributed by atoms with Crippen molar-refractivity contribution in [1.29, 1.82) is 0 Å². The van der Waals surface area contributed by atoms with Crippen LogP contribution in [0.2, 0.25) is 0 Å². The molecule has 0 aliphatic heterocycles. The highest BCUT2D eigenvalue weighted by Crippen LogP contribution is 2.19. The van der Waals surface area contributed by atoms with E-state index in [-0.39, 0.29) is 12.4 Å². The van der Waals surface area contributed by atoms with Crippen molar-refractivity contribution in [2.75, 3.05) is 6.54 Å². The lowest BCUT2D eigenvalue weighted by Crippen LogP contribution is -2.16. The number of aromatic nitrogens is 2. The Balaban J connectivity index is 0.00000192. The largest absolute Gasteiger partial charge is 0.337 e. The molecule has 2 aromatic carbocycles. The lowest BCUT2D eigenvalue weighted by molar-refractivity contribution is 0.581. The third kappa shape index (κ3) is 5.23. The molecule has 120 valence electrons. The Morgan fingerprint density at radius 1 is 0.913 bits per heavy atom. The van der Waals surface area contributed by atoms with Crippen LogP contribution in [0.25, 0.3) is 11.1 Å². The number of halogens is 1. The number of rotatable bonds is 7. The molecule has 0 atom stereocenters. The van der Waals surface area contributed by atoms with Crippen LogP contribution in [-0.2, 0) is 13.1 Å². The lowest BCUT2D eigenvalue weighted by atomic mass is 10.0. The topological polar surface area (TPSA) is 29.9 Å². The number of nitrogens with one attached hydrogen (secondary N) is 1. The summed E-state index contributed by atoms with van der Waals surface area (Å²) in [7, 11) is 0. The highest BCUT2D eigenvalue weighted by Gasteiger charge is 1.97. The van der Waals surface area contributed by atoms with Gasteiger partial charge in [0.15, 0.2) is 0 Å². The summed E-state index contributed by atoms with van der Waals surface area (Å²) in [4.78, 5) is 4.04. The molecular formula is C19H22ClN3. The Bertz CT molecular complexity index is 664. The second kappa shape index (κ2) is 9.13. The average Bonchev–Trinajstić information content (AvgIpc) is 3.09. The SMILES string of the molecule is Cl.c1ccc(-c2ccc(CNCCCn3ccnc3)cc2)cc1. The maximum absolute atomic E-state index is 4.04. The molecule has 1 heterocycles. The minimum atomic E-state index is 0. The van der Waals surface area contributed by atoms with E-state index in [1.165, 1.54) is 16.7 Å². The average molecular weight is 328 g/mol. The summed E-state index contributed by atoms with van der Waals surface area (Å²) in [5.74, 6) is 0. The third-order valence-electron chi connectivity index (χ3n) is 3.72. The van der Waals surface area contributed by atoms with Gasteiger partial charge in [-0.25, -0.2) is 4.98 Å². The van der Waals surface area contributed by atoms with Gasteiger partial charge in [-0.3, -0.25) is 0 Å². The standard InChI is InChI=1S/C19H21N3.ClH/c1-2-5-18(6-3-1)19-9-7-17(8-10-19)15-20-11-4-13-22-14-12-21-16-22;/h1-3,5-10,12,14,16,20H,4,11,13,15H2;1H. The monoisotopic (exact) mass is 327 g/mol. The first-order valence-corrected chi connectivity index (χ1v) is 7.73. The number of aryl methyl sites for hydroxylation is 1. The van der Waals surface area contributed by atoms with E-state index in [2.05, 4.69) is 63.4 Å². The Hall–Kier alpha value is -2.10. The zero-order valence-electron chi connectivity index (χ0n) is 13.1. The van der Waals surface area contributed by atoms with Gasteiger partial charge in [-0.05, 0) is 29.7 Å². The fourth-order valence-electron chi connectivity index (χ4n) is 2.48. The molecule has 0 aliphatic rings. The molecule has 3 rings (SSSR count). The zero-order valence-corrected chi connectivity index (χ0v) is 13.9. The van der Waals surface area contributed by atoms with Gasteiger partial charge >= 0.3 is 0 Å². The predicted molar refractivity (Wildman–Crippen MR) is 97.7 cm³/mol. The quantitative estimate of drug-likeness (QED) is 0.661. The summed E-state index contributed by atoms with van der Waals surface area (Å²) in [6.07, 6.45) is 6.80. The molecule has 0 unspecified atom stereocenters. The summed E-state index contributed by atoms with van der Waals surface area (Å²) in [5, 5.41) is 3.49. The molecule has 1 aromatic heterocycles. The minimum Gasteiger partial charge on any atom is -0.337 e. The maximum atomic E-state index is 4.04. The molecule has 0 aliphatic carbocycles. The van der Waals surface area contributed by atoms with E-state index in [1.807, 2.05) is 24.8 Å². The Morgan fingerprint density at radius 2 is 1.65 bits per heavy atom. The molecule has 0 radical (unpaired) electrons. The van der Waals surface area contributed by atoms with Gasteiger partial charge in [-0.2, -0.15) is 0 Å². The van der Waals surface area contributed by atoms with Crippen LogP contribution >= 0.6 is 12.4 Å². The van der Waals surface area contributed by atoms with Crippen LogP contribution in [0.15, 0.2) is 73.3 Å². The first kappa shape index (κ1) is 17.3. The predicted octanol–water partition coefficient (Wildman–Crippen LogP) is 4.15. The molecule has 4 heteroatoms. The summed E-state index contributed by atoms with van der Waals surface area (Å²) >= 11 is 0. The van der Waals surface area contributed by atoms with Crippen LogP contribution < -0.4 is 5.32 Å². The van der Waals surface area contributed by atoms with Gasteiger partial charge in [0.1, 0.15) is 0 Å². The second-order valence-electron chi connectivity index (χ2n) is 5.39. The smallest absolute Gasteiger partial charge is 0.0945 e. The molecule has 1 N–H and O–H groups in total. The first-order chi connectivity index (χ1) is 10.9. The number of hydrogen-bond acceptors (Lipinski definition) is 2. The highest BCUT2D eigenvalue weighted by atomic mass is 35.5. The van der Waals surface area contributed by atoms with E-state index >= 15 is 0 Å². The van der Waals surface area contributed by atoms with Gasteiger partial charge in [-0.1, -0.05) is 54.6 Å². The van der Waals surface area contributed by atoms with E-state index < -0.39 is 0 Å². The molecular weight excluding hydrogens is 306 g/mol. The van der Waals surface area contributed by atoms with Crippen LogP contribution in [0.1, 0.15) is 12.0 Å². The first-order valence-electron chi connectivity index (χ1n) is 7.73. The molecule has 23 heavy (non-hydrogen) atoms. The van der Waals surface area contributed by atoms with E-state index in [1.54, 1.807) is 0 Å². The highest BCUT2D eigenvalue weighted by molar-refractivity contribution is 5.85. The summed E-state index contributed by atoms with van der Waals surface area (Å²) in [6.45, 7) is 2.94. The molecule has 0 saturated heterocycles. The van der Waals surface area contributed by atoms with Crippen LogP contribution in [0, 0.1) is 0 Å². The normalized spacial score (nSPS) is 10.3. The van der Waals surface area contributed by atoms with Crippen molar-refractivity contribution < 1.29 is 0 Å². The van der Waals surface area contributed by atoms with Gasteiger partial charge < -0.3 is 9.88 Å². The second-order valence-corrected chi connectivity index (χ2v) is 5.39. The Kier molecular flexibility index (Phi) is 6.85. The van der Waals surface area contributed by atoms with E-state index in [0.29, 0.717) is 0 Å². The van der Waals surface area contributed by atoms with Crippen LogP contribution in [0.3, 0.4) is 0 Å².